The number of aliphatic hydroxyl groups is 1. The summed E-state index contributed by atoms with van der Waals surface area (Å²) < 4.78 is 0. The molecule has 6 heteroatoms. The highest BCUT2D eigenvalue weighted by atomic mass is 35.5. The molecule has 0 aliphatic heterocycles. The van der Waals surface area contributed by atoms with Crippen molar-refractivity contribution in [2.45, 2.75) is 29.7 Å². The standard InChI is InChI=1S/C12H12B2ClNO2/c13-11(14)5-9(17)10(18)12(16,6-11)7-3-1-2-4-8(7)15/h1-4,9,17H,5-6,16H2. The molecule has 2 rings (SSSR count). The Hall–Kier alpha value is -0.770. The Kier molecular flexibility index (Phi) is 3.34. The third-order valence-corrected chi connectivity index (χ3v) is 3.61. The van der Waals surface area contributed by atoms with E-state index in [1.54, 1.807) is 24.3 Å². The Bertz CT molecular complexity index is 495. The van der Waals surface area contributed by atoms with E-state index in [9.17, 15) is 9.90 Å². The largest absolute Gasteiger partial charge is 0.385 e. The van der Waals surface area contributed by atoms with Crippen LogP contribution in [0.15, 0.2) is 24.3 Å². The summed E-state index contributed by atoms with van der Waals surface area (Å²) in [6, 6.07) is 6.73. The molecule has 1 aromatic carbocycles. The van der Waals surface area contributed by atoms with Crippen LogP contribution in [0.1, 0.15) is 18.4 Å². The van der Waals surface area contributed by atoms with Crippen molar-refractivity contribution in [1.29, 1.82) is 0 Å². The van der Waals surface area contributed by atoms with E-state index in [1.165, 1.54) is 0 Å². The van der Waals surface area contributed by atoms with Crippen LogP contribution < -0.4 is 5.73 Å². The highest BCUT2D eigenvalue weighted by Crippen LogP contribution is 2.45. The van der Waals surface area contributed by atoms with Gasteiger partial charge in [0.1, 0.15) is 11.6 Å². The fourth-order valence-electron chi connectivity index (χ4n) is 2.48. The van der Waals surface area contributed by atoms with Crippen molar-refractivity contribution in [2.75, 3.05) is 0 Å². The second-order valence-electron chi connectivity index (χ2n) is 4.95. The number of Topliss-reactive ketones (excluding diaryl/α,β-unsaturated/α-hetero) is 1. The first kappa shape index (κ1) is 13.7. The van der Waals surface area contributed by atoms with Crippen LogP contribution in [-0.2, 0) is 10.3 Å². The lowest BCUT2D eigenvalue weighted by Gasteiger charge is -2.44. The summed E-state index contributed by atoms with van der Waals surface area (Å²) >= 11 is 6.06. The molecular weight excluding hydrogens is 247 g/mol. The molecule has 18 heavy (non-hydrogen) atoms. The molecule has 1 saturated carbocycles. The van der Waals surface area contributed by atoms with E-state index < -0.39 is 22.6 Å². The number of hydrogen-bond donors (Lipinski definition) is 2. The molecule has 2 atom stereocenters. The highest BCUT2D eigenvalue weighted by molar-refractivity contribution is 6.40. The predicted molar refractivity (Wildman–Crippen MR) is 71.8 cm³/mol. The Balaban J connectivity index is 2.52. The minimum atomic E-state index is -1.44. The van der Waals surface area contributed by atoms with Crippen molar-refractivity contribution in [3.63, 3.8) is 0 Å². The van der Waals surface area contributed by atoms with E-state index in [0.29, 0.717) is 10.6 Å². The average molecular weight is 259 g/mol. The summed E-state index contributed by atoms with van der Waals surface area (Å²) in [6.07, 6.45) is -1.23. The van der Waals surface area contributed by atoms with Crippen molar-refractivity contribution in [3.8, 4) is 0 Å². The number of carbonyl (C=O) groups is 1. The van der Waals surface area contributed by atoms with Gasteiger partial charge in [-0.2, -0.15) is 0 Å². The number of aliphatic hydroxyl groups excluding tert-OH is 1. The molecule has 90 valence electrons. The Morgan fingerprint density at radius 2 is 2.00 bits per heavy atom. The molecule has 0 amide bonds. The molecule has 1 aromatic rings. The fourth-order valence-corrected chi connectivity index (χ4v) is 2.78. The minimum Gasteiger partial charge on any atom is -0.385 e. The van der Waals surface area contributed by atoms with Crippen LogP contribution in [-0.4, -0.2) is 32.7 Å². The van der Waals surface area contributed by atoms with Gasteiger partial charge in [0.05, 0.1) is 15.7 Å². The summed E-state index contributed by atoms with van der Waals surface area (Å²) in [5.74, 6) is -0.498. The number of nitrogens with two attached hydrogens (primary N) is 1. The second kappa shape index (κ2) is 4.41. The van der Waals surface area contributed by atoms with Crippen molar-refractivity contribution in [2.24, 2.45) is 5.73 Å². The molecule has 3 N–H and O–H groups in total. The van der Waals surface area contributed by atoms with E-state index in [2.05, 4.69) is 0 Å². The number of benzene rings is 1. The second-order valence-corrected chi connectivity index (χ2v) is 5.35. The predicted octanol–water partition coefficient (Wildman–Crippen LogP) is 0.671. The first-order chi connectivity index (χ1) is 8.26. The van der Waals surface area contributed by atoms with Gasteiger partial charge in [-0.1, -0.05) is 35.0 Å². The Labute approximate surface area is 114 Å². The monoisotopic (exact) mass is 259 g/mol. The fraction of sp³-hybridized carbons (Fsp3) is 0.417. The molecule has 0 bridgehead atoms. The van der Waals surface area contributed by atoms with E-state index >= 15 is 0 Å². The SMILES string of the molecule is [B]C1([B])CC(O)C(=O)C(N)(c2ccccc2Cl)C1. The Morgan fingerprint density at radius 1 is 1.39 bits per heavy atom. The Morgan fingerprint density at radius 3 is 2.61 bits per heavy atom. The quantitative estimate of drug-likeness (QED) is 0.729. The van der Waals surface area contributed by atoms with Crippen LogP contribution in [0.5, 0.6) is 0 Å². The first-order valence-corrected chi connectivity index (χ1v) is 5.98. The number of rotatable bonds is 1. The minimum absolute atomic E-state index is 0.00473. The lowest BCUT2D eigenvalue weighted by molar-refractivity contribution is -0.136. The molecule has 1 aliphatic rings. The first-order valence-electron chi connectivity index (χ1n) is 5.60. The third-order valence-electron chi connectivity index (χ3n) is 3.28. The van der Waals surface area contributed by atoms with Crippen molar-refractivity contribution < 1.29 is 9.90 Å². The molecule has 1 fully saturated rings. The van der Waals surface area contributed by atoms with Gasteiger partial charge in [0.25, 0.3) is 0 Å². The lowest BCUT2D eigenvalue weighted by atomic mass is 9.44. The van der Waals surface area contributed by atoms with Gasteiger partial charge in [-0.05, 0) is 24.5 Å². The third kappa shape index (κ3) is 2.22. The molecule has 1 aliphatic carbocycles. The molecule has 0 saturated heterocycles. The van der Waals surface area contributed by atoms with Crippen LogP contribution in [0.4, 0.5) is 0 Å². The van der Waals surface area contributed by atoms with Crippen LogP contribution >= 0.6 is 11.6 Å². The number of ketones is 1. The maximum absolute atomic E-state index is 12.1. The van der Waals surface area contributed by atoms with Gasteiger partial charge in [0, 0.05) is 5.02 Å². The molecular formula is C12H12B2ClNO2. The zero-order valence-corrected chi connectivity index (χ0v) is 10.5. The molecule has 3 nitrogen and oxygen atoms in total. The van der Waals surface area contributed by atoms with Crippen LogP contribution in [0.2, 0.25) is 10.2 Å². The zero-order chi connectivity index (χ0) is 13.6. The average Bonchev–Trinajstić information content (AvgIpc) is 2.25. The van der Waals surface area contributed by atoms with Crippen molar-refractivity contribution in [1.82, 2.24) is 0 Å². The smallest absolute Gasteiger partial charge is 0.185 e. The van der Waals surface area contributed by atoms with Gasteiger partial charge in [0.15, 0.2) is 5.78 Å². The van der Waals surface area contributed by atoms with Crippen LogP contribution in [0.3, 0.4) is 0 Å². The summed E-state index contributed by atoms with van der Waals surface area (Å²) in [7, 11) is 11.7. The molecule has 2 unspecified atom stereocenters. The summed E-state index contributed by atoms with van der Waals surface area (Å²) in [6.45, 7) is 0. The zero-order valence-electron chi connectivity index (χ0n) is 9.77. The van der Waals surface area contributed by atoms with Gasteiger partial charge in [-0.3, -0.25) is 4.79 Å². The topological polar surface area (TPSA) is 63.3 Å². The molecule has 0 spiro atoms. The van der Waals surface area contributed by atoms with Gasteiger partial charge in [-0.15, -0.1) is 0 Å². The van der Waals surface area contributed by atoms with Crippen LogP contribution in [0, 0.1) is 0 Å². The van der Waals surface area contributed by atoms with Crippen molar-refractivity contribution in [3.05, 3.63) is 34.9 Å². The molecule has 0 aromatic heterocycles. The normalized spacial score (nSPS) is 31.3. The molecule has 4 radical (unpaired) electrons. The van der Waals surface area contributed by atoms with E-state index in [-0.39, 0.29) is 12.8 Å². The van der Waals surface area contributed by atoms with E-state index in [1.807, 2.05) is 0 Å². The number of hydrogen-bond acceptors (Lipinski definition) is 3. The van der Waals surface area contributed by atoms with Crippen molar-refractivity contribution >= 4 is 33.1 Å². The number of carbonyl (C=O) groups excluding carboxylic acids is 1. The molecule has 0 heterocycles. The maximum Gasteiger partial charge on any atom is 0.185 e. The van der Waals surface area contributed by atoms with Gasteiger partial charge < -0.3 is 10.8 Å². The summed E-state index contributed by atoms with van der Waals surface area (Å²) in [5, 5.41) is 8.93. The van der Waals surface area contributed by atoms with E-state index in [4.69, 9.17) is 33.0 Å². The highest BCUT2D eigenvalue weighted by Gasteiger charge is 2.49. The van der Waals surface area contributed by atoms with Gasteiger partial charge in [0.2, 0.25) is 0 Å². The number of halogens is 1. The van der Waals surface area contributed by atoms with Crippen LogP contribution in [0.25, 0.3) is 0 Å². The maximum atomic E-state index is 12.1. The van der Waals surface area contributed by atoms with Gasteiger partial charge >= 0.3 is 0 Å². The summed E-state index contributed by atoms with van der Waals surface area (Å²) in [5.41, 5.74) is 5.13. The van der Waals surface area contributed by atoms with Gasteiger partial charge in [-0.25, -0.2) is 0 Å². The summed E-state index contributed by atoms with van der Waals surface area (Å²) in [4.78, 5) is 12.1. The van der Waals surface area contributed by atoms with E-state index in [0.717, 1.165) is 0 Å². The lowest BCUT2D eigenvalue weighted by Crippen LogP contribution is -2.56.